The predicted molar refractivity (Wildman–Crippen MR) is 148 cm³/mol. The van der Waals surface area contributed by atoms with Gasteiger partial charge in [0, 0.05) is 35.9 Å². The number of halogens is 3. The number of alkyl halides is 3. The van der Waals surface area contributed by atoms with E-state index in [9.17, 15) is 23.1 Å². The Bertz CT molecular complexity index is 1270. The maximum atomic E-state index is 13.0. The van der Waals surface area contributed by atoms with Crippen molar-refractivity contribution in [1.82, 2.24) is 0 Å². The Morgan fingerprint density at radius 1 is 1.08 bits per heavy atom. The molecule has 0 aliphatic heterocycles. The van der Waals surface area contributed by atoms with Crippen molar-refractivity contribution < 1.29 is 23.1 Å². The number of ketones is 1. The second-order valence-corrected chi connectivity index (χ2v) is 13.5. The number of hydrogen-bond donors (Lipinski definition) is 1. The molecule has 4 aliphatic carbocycles. The molecule has 0 heterocycles. The zero-order valence-corrected chi connectivity index (χ0v) is 23.7. The summed E-state index contributed by atoms with van der Waals surface area (Å²) >= 11 is 0. The average Bonchev–Trinajstić information content (AvgIpc) is 3.11. The van der Waals surface area contributed by atoms with E-state index >= 15 is 0 Å². The summed E-state index contributed by atoms with van der Waals surface area (Å²) in [6.45, 7) is 7.37. The highest BCUT2D eigenvalue weighted by molar-refractivity contribution is 5.93. The number of carbonyl (C=O) groups is 1. The Morgan fingerprint density at radius 2 is 1.77 bits per heavy atom. The van der Waals surface area contributed by atoms with Crippen LogP contribution in [-0.2, 0) is 4.79 Å². The van der Waals surface area contributed by atoms with Gasteiger partial charge in [0.1, 0.15) is 12.1 Å². The average molecular weight is 540 g/mol. The summed E-state index contributed by atoms with van der Waals surface area (Å²) < 4.78 is 39.0. The first-order chi connectivity index (χ1) is 18.1. The lowest BCUT2D eigenvalue weighted by atomic mass is 9.51. The van der Waals surface area contributed by atoms with Crippen LogP contribution in [0.4, 0.5) is 18.9 Å². The van der Waals surface area contributed by atoms with Crippen LogP contribution in [0, 0.1) is 34.5 Å². The van der Waals surface area contributed by atoms with Crippen LogP contribution < -0.4 is 4.90 Å². The summed E-state index contributed by atoms with van der Waals surface area (Å²) in [5.41, 5.74) is 3.72. The Labute approximate surface area is 230 Å². The highest BCUT2D eigenvalue weighted by atomic mass is 19.4. The molecule has 1 N–H and O–H groups in total. The van der Waals surface area contributed by atoms with Crippen LogP contribution >= 0.6 is 0 Å². The van der Waals surface area contributed by atoms with Gasteiger partial charge in [-0.1, -0.05) is 36.5 Å². The van der Waals surface area contributed by atoms with E-state index in [0.29, 0.717) is 30.4 Å². The number of fused-ring (bicyclic) bond motifs is 4. The van der Waals surface area contributed by atoms with E-state index in [2.05, 4.69) is 39.5 Å². The van der Waals surface area contributed by atoms with E-state index < -0.39 is 23.7 Å². The third kappa shape index (κ3) is 5.20. The van der Waals surface area contributed by atoms with Crippen molar-refractivity contribution >= 4 is 11.5 Å². The van der Waals surface area contributed by atoms with Gasteiger partial charge in [0.2, 0.25) is 0 Å². The van der Waals surface area contributed by atoms with Crippen LogP contribution in [0.25, 0.3) is 0 Å². The molecule has 1 aromatic rings. The number of aliphatic hydroxyl groups is 1. The fourth-order valence-corrected chi connectivity index (χ4v) is 7.78. The minimum absolute atomic E-state index is 0.0196. The first kappa shape index (κ1) is 28.0. The molecular formula is C33H40F3NO2. The van der Waals surface area contributed by atoms with E-state index in [1.807, 2.05) is 18.2 Å². The standard InChI is InChI=1S/C33H40F3NO2/c1-30(2,3)16-17-32(39)15-14-28-26-12-8-22-18-24(38)11-13-25(22)29(26)27(19-31(28,32)4)21-6-9-23(10-7-21)37(5)20-33(34,35)36/h6-7,9-10,18,26-28,39H,8,11-15,19-20H2,1-5H3/t26-,27+,28?,31-,32+/m0/s1. The zero-order valence-electron chi connectivity index (χ0n) is 23.7. The minimum Gasteiger partial charge on any atom is -0.377 e. The molecule has 0 spiro atoms. The maximum absolute atomic E-state index is 13.0. The molecule has 2 fully saturated rings. The molecule has 0 bridgehead atoms. The van der Waals surface area contributed by atoms with Gasteiger partial charge in [0.15, 0.2) is 5.78 Å². The molecule has 2 saturated carbocycles. The van der Waals surface area contributed by atoms with E-state index in [1.165, 1.54) is 23.1 Å². The Balaban J connectivity index is 1.59. The quantitative estimate of drug-likeness (QED) is 0.408. The number of benzene rings is 1. The third-order valence-corrected chi connectivity index (χ3v) is 9.68. The monoisotopic (exact) mass is 539 g/mol. The molecule has 39 heavy (non-hydrogen) atoms. The predicted octanol–water partition coefficient (Wildman–Crippen LogP) is 7.37. The smallest absolute Gasteiger partial charge is 0.377 e. The summed E-state index contributed by atoms with van der Waals surface area (Å²) in [5.74, 6) is 7.46. The van der Waals surface area contributed by atoms with Crippen molar-refractivity contribution in [2.75, 3.05) is 18.5 Å². The fraction of sp³-hybridized carbons (Fsp3) is 0.606. The topological polar surface area (TPSA) is 40.5 Å². The van der Waals surface area contributed by atoms with Gasteiger partial charge in [-0.2, -0.15) is 13.2 Å². The van der Waals surface area contributed by atoms with Gasteiger partial charge in [-0.05, 0) is 106 Å². The highest BCUT2D eigenvalue weighted by Crippen LogP contribution is 2.66. The summed E-state index contributed by atoms with van der Waals surface area (Å²) in [4.78, 5) is 13.5. The van der Waals surface area contributed by atoms with Gasteiger partial charge in [-0.15, -0.1) is 0 Å². The molecule has 5 atom stereocenters. The largest absolute Gasteiger partial charge is 0.405 e. The van der Waals surface area contributed by atoms with Crippen LogP contribution in [0.3, 0.4) is 0 Å². The SMILES string of the molecule is CN(CC(F)(F)F)c1ccc([C@H]2C[C@@]3(C)C(CC[C@@]3(O)C#CC(C)(C)C)[C@@H]3CCC4=CC(=O)CCC4=C32)cc1. The molecule has 0 radical (unpaired) electrons. The molecule has 5 rings (SSSR count). The summed E-state index contributed by atoms with van der Waals surface area (Å²) in [5, 5.41) is 12.1. The van der Waals surface area contributed by atoms with Gasteiger partial charge >= 0.3 is 6.18 Å². The molecule has 1 aromatic carbocycles. The van der Waals surface area contributed by atoms with Crippen LogP contribution in [0.5, 0.6) is 0 Å². The van der Waals surface area contributed by atoms with Crippen molar-refractivity contribution in [1.29, 1.82) is 0 Å². The second-order valence-electron chi connectivity index (χ2n) is 13.5. The van der Waals surface area contributed by atoms with Crippen molar-refractivity contribution in [2.45, 2.75) is 90.3 Å². The molecule has 0 aromatic heterocycles. The van der Waals surface area contributed by atoms with Crippen molar-refractivity contribution in [3.05, 3.63) is 52.6 Å². The number of anilines is 1. The van der Waals surface area contributed by atoms with E-state index in [4.69, 9.17) is 0 Å². The normalized spacial score (nSPS) is 32.5. The lowest BCUT2D eigenvalue weighted by molar-refractivity contribution is -0.119. The van der Waals surface area contributed by atoms with Crippen LogP contribution in [0.15, 0.2) is 47.1 Å². The molecule has 210 valence electrons. The second kappa shape index (κ2) is 9.54. The first-order valence-corrected chi connectivity index (χ1v) is 14.2. The molecule has 3 nitrogen and oxygen atoms in total. The van der Waals surface area contributed by atoms with E-state index in [-0.39, 0.29) is 17.1 Å². The molecule has 0 amide bonds. The van der Waals surface area contributed by atoms with Crippen molar-refractivity contribution in [3.8, 4) is 11.8 Å². The number of hydrogen-bond acceptors (Lipinski definition) is 3. The van der Waals surface area contributed by atoms with Crippen molar-refractivity contribution in [3.63, 3.8) is 0 Å². The van der Waals surface area contributed by atoms with Crippen LogP contribution in [0.1, 0.15) is 84.1 Å². The number of rotatable bonds is 3. The lowest BCUT2D eigenvalue weighted by Gasteiger charge is -2.53. The van der Waals surface area contributed by atoms with Gasteiger partial charge in [-0.25, -0.2) is 0 Å². The molecular weight excluding hydrogens is 499 g/mol. The van der Waals surface area contributed by atoms with Crippen LogP contribution in [-0.4, -0.2) is 36.3 Å². The number of carbonyl (C=O) groups excluding carboxylic acids is 1. The molecule has 1 unspecified atom stereocenters. The van der Waals surface area contributed by atoms with Crippen molar-refractivity contribution in [2.24, 2.45) is 22.7 Å². The van der Waals surface area contributed by atoms with Crippen LogP contribution in [0.2, 0.25) is 0 Å². The van der Waals surface area contributed by atoms with E-state index in [0.717, 1.165) is 43.2 Å². The summed E-state index contributed by atoms with van der Waals surface area (Å²) in [7, 11) is 1.46. The van der Waals surface area contributed by atoms with Gasteiger partial charge in [-0.3, -0.25) is 4.79 Å². The zero-order chi connectivity index (χ0) is 28.4. The summed E-state index contributed by atoms with van der Waals surface area (Å²) in [6, 6.07) is 7.48. The summed E-state index contributed by atoms with van der Waals surface area (Å²) in [6.07, 6.45) is 2.94. The Kier molecular flexibility index (Phi) is 6.86. The lowest BCUT2D eigenvalue weighted by Crippen LogP contribution is -2.51. The molecule has 6 heteroatoms. The Morgan fingerprint density at radius 3 is 2.41 bits per heavy atom. The number of nitrogens with zero attached hydrogens (tertiary/aromatic N) is 1. The highest BCUT2D eigenvalue weighted by Gasteiger charge is 2.62. The van der Waals surface area contributed by atoms with Gasteiger partial charge < -0.3 is 10.0 Å². The first-order valence-electron chi connectivity index (χ1n) is 14.2. The third-order valence-electron chi connectivity index (χ3n) is 9.68. The maximum Gasteiger partial charge on any atom is 0.405 e. The minimum atomic E-state index is -4.27. The van der Waals surface area contributed by atoms with Gasteiger partial charge in [0.25, 0.3) is 0 Å². The van der Waals surface area contributed by atoms with Gasteiger partial charge in [0.05, 0.1) is 0 Å². The van der Waals surface area contributed by atoms with E-state index in [1.54, 1.807) is 12.1 Å². The number of allylic oxidation sites excluding steroid dienone is 4. The Hall–Kier alpha value is -2.52. The molecule has 4 aliphatic rings. The fourth-order valence-electron chi connectivity index (χ4n) is 7.78. The molecule has 0 saturated heterocycles.